The van der Waals surface area contributed by atoms with Gasteiger partial charge in [-0.25, -0.2) is 0 Å². The van der Waals surface area contributed by atoms with Crippen LogP contribution in [-0.4, -0.2) is 21.8 Å². The lowest BCUT2D eigenvalue weighted by Crippen LogP contribution is -2.74. The standard InChI is InChI=1S/C60H41N3Si/c1-5-20-42(21-6-1)61-55-33-18-15-30-50(55)51-40-43(36-38-56(51)61)63-57-39-37-44(62-53-31-16-13-28-48(53)49-29-14-17-32-54(49)62)41-52(57)60-58(63)34-19-35-59(60)64(45-22-7-2-8-23-45,46-24-9-3-10-25-46)47-26-11-4-12-27-47/h1-41H. The van der Waals surface area contributed by atoms with Gasteiger partial charge >= 0.3 is 0 Å². The first-order valence-electron chi connectivity index (χ1n) is 22.1. The van der Waals surface area contributed by atoms with Crippen LogP contribution in [0.25, 0.3) is 82.5 Å². The molecule has 3 heterocycles. The van der Waals surface area contributed by atoms with E-state index >= 15 is 0 Å². The maximum absolute atomic E-state index is 2.98. The third kappa shape index (κ3) is 5.27. The fourth-order valence-electron chi connectivity index (χ4n) is 11.0. The Kier molecular flexibility index (Phi) is 8.23. The molecule has 300 valence electrons. The molecule has 64 heavy (non-hydrogen) atoms. The molecule has 0 unspecified atom stereocenters. The van der Waals surface area contributed by atoms with E-state index in [0.29, 0.717) is 0 Å². The minimum Gasteiger partial charge on any atom is -0.309 e. The highest BCUT2D eigenvalue weighted by atomic mass is 28.3. The van der Waals surface area contributed by atoms with Gasteiger partial charge in [0.2, 0.25) is 0 Å². The molecule has 4 heteroatoms. The lowest BCUT2D eigenvalue weighted by Gasteiger charge is -2.35. The maximum atomic E-state index is 2.53. The Morgan fingerprint density at radius 1 is 0.234 bits per heavy atom. The average molecular weight is 832 g/mol. The van der Waals surface area contributed by atoms with E-state index in [0.717, 1.165) is 17.1 Å². The Balaban J connectivity index is 1.18. The fourth-order valence-corrected chi connectivity index (χ4v) is 16.0. The number of hydrogen-bond acceptors (Lipinski definition) is 0. The Labute approximate surface area is 372 Å². The maximum Gasteiger partial charge on any atom is 0.180 e. The topological polar surface area (TPSA) is 14.8 Å². The molecule has 3 nitrogen and oxygen atoms in total. The van der Waals surface area contributed by atoms with Crippen molar-refractivity contribution in [1.82, 2.24) is 13.7 Å². The van der Waals surface area contributed by atoms with Crippen molar-refractivity contribution in [2.75, 3.05) is 0 Å². The fraction of sp³-hybridized carbons (Fsp3) is 0. The zero-order valence-corrected chi connectivity index (χ0v) is 36.0. The molecular formula is C60H41N3Si. The molecule has 0 bridgehead atoms. The third-order valence-electron chi connectivity index (χ3n) is 13.6. The van der Waals surface area contributed by atoms with Crippen molar-refractivity contribution in [2.24, 2.45) is 0 Å². The summed E-state index contributed by atoms with van der Waals surface area (Å²) < 4.78 is 7.38. The van der Waals surface area contributed by atoms with E-state index in [1.165, 1.54) is 86.2 Å². The molecule has 13 aromatic rings. The summed E-state index contributed by atoms with van der Waals surface area (Å²) in [6, 6.07) is 92.4. The van der Waals surface area contributed by atoms with Gasteiger partial charge in [-0.3, -0.25) is 0 Å². The van der Waals surface area contributed by atoms with E-state index in [-0.39, 0.29) is 0 Å². The first kappa shape index (κ1) is 36.5. The largest absolute Gasteiger partial charge is 0.309 e. The molecule has 0 aliphatic carbocycles. The minimum absolute atomic E-state index is 1.14. The first-order valence-corrected chi connectivity index (χ1v) is 24.1. The van der Waals surface area contributed by atoms with Crippen LogP contribution in [0.3, 0.4) is 0 Å². The quantitative estimate of drug-likeness (QED) is 0.112. The number of para-hydroxylation sites is 4. The summed E-state index contributed by atoms with van der Waals surface area (Å²) in [6.45, 7) is 0. The van der Waals surface area contributed by atoms with Gasteiger partial charge in [0.15, 0.2) is 8.07 Å². The molecule has 0 N–H and O–H groups in total. The van der Waals surface area contributed by atoms with Gasteiger partial charge in [-0.15, -0.1) is 0 Å². The summed E-state index contributed by atoms with van der Waals surface area (Å²) in [7, 11) is -2.98. The zero-order chi connectivity index (χ0) is 42.2. The lowest BCUT2D eigenvalue weighted by atomic mass is 10.1. The number of fused-ring (bicyclic) bond motifs is 9. The van der Waals surface area contributed by atoms with Crippen molar-refractivity contribution in [2.45, 2.75) is 0 Å². The highest BCUT2D eigenvalue weighted by molar-refractivity contribution is 7.20. The molecule has 0 amide bonds. The molecule has 0 atom stereocenters. The predicted molar refractivity (Wildman–Crippen MR) is 273 cm³/mol. The normalized spacial score (nSPS) is 12.1. The molecule has 0 aliphatic heterocycles. The number of hydrogen-bond donors (Lipinski definition) is 0. The van der Waals surface area contributed by atoms with E-state index in [1.807, 2.05) is 0 Å². The van der Waals surface area contributed by atoms with Crippen molar-refractivity contribution in [1.29, 1.82) is 0 Å². The van der Waals surface area contributed by atoms with Crippen molar-refractivity contribution < 1.29 is 0 Å². The second kappa shape index (κ2) is 14.5. The summed E-state index contributed by atoms with van der Waals surface area (Å²) in [5.41, 5.74) is 10.6. The Bertz CT molecular complexity index is 3730. The number of rotatable bonds is 7. The van der Waals surface area contributed by atoms with Crippen LogP contribution in [-0.2, 0) is 0 Å². The summed E-state index contributed by atoms with van der Waals surface area (Å²) >= 11 is 0. The molecule has 0 saturated carbocycles. The number of nitrogens with zero attached hydrogens (tertiary/aromatic N) is 3. The van der Waals surface area contributed by atoms with Crippen LogP contribution in [0.15, 0.2) is 249 Å². The van der Waals surface area contributed by atoms with Gasteiger partial charge in [-0.2, -0.15) is 0 Å². The van der Waals surface area contributed by atoms with Crippen LogP contribution in [0, 0.1) is 0 Å². The van der Waals surface area contributed by atoms with Gasteiger partial charge in [0.05, 0.1) is 33.1 Å². The van der Waals surface area contributed by atoms with E-state index in [1.54, 1.807) is 0 Å². The summed E-state index contributed by atoms with van der Waals surface area (Å²) in [5, 5.41) is 12.9. The second-order valence-corrected chi connectivity index (χ2v) is 20.6. The van der Waals surface area contributed by atoms with Crippen LogP contribution >= 0.6 is 0 Å². The van der Waals surface area contributed by atoms with Crippen molar-refractivity contribution in [3.05, 3.63) is 249 Å². The van der Waals surface area contributed by atoms with Crippen LogP contribution < -0.4 is 20.7 Å². The van der Waals surface area contributed by atoms with Gasteiger partial charge in [0, 0.05) is 49.4 Å². The Morgan fingerprint density at radius 3 is 1.11 bits per heavy atom. The lowest BCUT2D eigenvalue weighted by molar-refractivity contribution is 1.16. The molecule has 0 spiro atoms. The summed E-state index contributed by atoms with van der Waals surface area (Å²) in [6.07, 6.45) is 0. The monoisotopic (exact) mass is 831 g/mol. The third-order valence-corrected chi connectivity index (χ3v) is 18.4. The Morgan fingerprint density at radius 2 is 0.594 bits per heavy atom. The molecule has 10 aromatic carbocycles. The van der Waals surface area contributed by atoms with Gasteiger partial charge in [0.1, 0.15) is 0 Å². The molecule has 0 radical (unpaired) electrons. The molecule has 3 aromatic heterocycles. The zero-order valence-electron chi connectivity index (χ0n) is 35.0. The molecular weight excluding hydrogens is 791 g/mol. The summed E-state index contributed by atoms with van der Waals surface area (Å²) in [5.74, 6) is 0. The van der Waals surface area contributed by atoms with Crippen molar-refractivity contribution in [3.8, 4) is 17.1 Å². The molecule has 0 aliphatic rings. The van der Waals surface area contributed by atoms with E-state index in [4.69, 9.17) is 0 Å². The molecule has 0 fully saturated rings. The van der Waals surface area contributed by atoms with Crippen LogP contribution in [0.2, 0.25) is 0 Å². The summed E-state index contributed by atoms with van der Waals surface area (Å²) in [4.78, 5) is 0. The highest BCUT2D eigenvalue weighted by Gasteiger charge is 2.43. The second-order valence-electron chi connectivity index (χ2n) is 16.8. The number of aromatic nitrogens is 3. The highest BCUT2D eigenvalue weighted by Crippen LogP contribution is 2.39. The average Bonchev–Trinajstić information content (AvgIpc) is 4.01. The molecule has 13 rings (SSSR count). The van der Waals surface area contributed by atoms with Gasteiger partial charge in [-0.1, -0.05) is 176 Å². The molecule has 0 saturated heterocycles. The first-order chi connectivity index (χ1) is 31.8. The van der Waals surface area contributed by atoms with Gasteiger partial charge in [-0.05, 0) is 93.5 Å². The van der Waals surface area contributed by atoms with Crippen LogP contribution in [0.1, 0.15) is 0 Å². The van der Waals surface area contributed by atoms with Crippen LogP contribution in [0.5, 0.6) is 0 Å². The smallest absolute Gasteiger partial charge is 0.180 e. The SMILES string of the molecule is c1ccc(-n2c3ccccc3c3cc(-n4c5ccc(-n6c7ccccc7c7ccccc76)cc5c5c([Si](c6ccccc6)(c6ccccc6)c6ccccc6)cccc54)ccc32)cc1. The van der Waals surface area contributed by atoms with Crippen molar-refractivity contribution >= 4 is 94.2 Å². The van der Waals surface area contributed by atoms with Crippen molar-refractivity contribution in [3.63, 3.8) is 0 Å². The predicted octanol–water partition coefficient (Wildman–Crippen LogP) is 12.4. The van der Waals surface area contributed by atoms with E-state index in [9.17, 15) is 0 Å². The van der Waals surface area contributed by atoms with E-state index < -0.39 is 8.07 Å². The Hall–Kier alpha value is -8.18. The van der Waals surface area contributed by atoms with Gasteiger partial charge < -0.3 is 13.7 Å². The van der Waals surface area contributed by atoms with E-state index in [2.05, 4.69) is 262 Å². The minimum atomic E-state index is -2.98. The van der Waals surface area contributed by atoms with Crippen LogP contribution in [0.4, 0.5) is 0 Å². The number of benzene rings is 10. The van der Waals surface area contributed by atoms with Gasteiger partial charge in [0.25, 0.3) is 0 Å².